The van der Waals surface area contributed by atoms with E-state index >= 15 is 0 Å². The molecule has 0 amide bonds. The summed E-state index contributed by atoms with van der Waals surface area (Å²) in [6, 6.07) is 0. The Balaban J connectivity index is 1.90. The van der Waals surface area contributed by atoms with Crippen molar-refractivity contribution in [3.63, 3.8) is 0 Å². The van der Waals surface area contributed by atoms with Crippen LogP contribution in [0.15, 0.2) is 24.3 Å². The van der Waals surface area contributed by atoms with E-state index in [1.807, 2.05) is 6.08 Å². The van der Waals surface area contributed by atoms with E-state index in [4.69, 9.17) is 4.74 Å². The van der Waals surface area contributed by atoms with Gasteiger partial charge >= 0.3 is 5.97 Å². The van der Waals surface area contributed by atoms with Gasteiger partial charge in [0.1, 0.15) is 6.10 Å². The highest BCUT2D eigenvalue weighted by Gasteiger charge is 2.60. The fourth-order valence-corrected chi connectivity index (χ4v) is 3.64. The van der Waals surface area contributed by atoms with E-state index < -0.39 is 0 Å². The second kappa shape index (κ2) is 2.75. The van der Waals surface area contributed by atoms with Gasteiger partial charge in [-0.1, -0.05) is 25.2 Å². The molecule has 3 rings (SSSR count). The summed E-state index contributed by atoms with van der Waals surface area (Å²) in [5.74, 6) is 1.73. The SMILES string of the molecule is CC(=O)O[C@@H]1C=C[C@]12C1C=CC(C1)[C@@H]2C. The average Bonchev–Trinajstić information content (AvgIpc) is 2.71. The monoisotopic (exact) mass is 204 g/mol. The van der Waals surface area contributed by atoms with Gasteiger partial charge in [-0.3, -0.25) is 4.79 Å². The molecule has 80 valence electrons. The van der Waals surface area contributed by atoms with Gasteiger partial charge in [-0.25, -0.2) is 0 Å². The minimum atomic E-state index is -0.164. The lowest BCUT2D eigenvalue weighted by Crippen LogP contribution is -2.49. The third kappa shape index (κ3) is 0.973. The standard InChI is InChI=1S/C13H16O2/c1-8-10-3-4-11(7-10)13(8)6-5-12(13)15-9(2)14/h3-6,8,10-12H,7H2,1-2H3/t8-,10?,11?,12+,13-/m0/s1. The maximum Gasteiger partial charge on any atom is 0.303 e. The molecule has 0 N–H and O–H groups in total. The summed E-state index contributed by atoms with van der Waals surface area (Å²) >= 11 is 0. The molecule has 0 aromatic heterocycles. The summed E-state index contributed by atoms with van der Waals surface area (Å²) < 4.78 is 5.39. The van der Waals surface area contributed by atoms with Crippen LogP contribution in [0.1, 0.15) is 20.3 Å². The molecule has 0 aromatic carbocycles. The number of fused-ring (bicyclic) bond motifs is 3. The van der Waals surface area contributed by atoms with E-state index in [-0.39, 0.29) is 17.5 Å². The first-order chi connectivity index (χ1) is 7.14. The molecule has 0 aliphatic heterocycles. The maximum atomic E-state index is 11.0. The number of hydrogen-bond acceptors (Lipinski definition) is 2. The van der Waals surface area contributed by atoms with Gasteiger partial charge in [0.15, 0.2) is 0 Å². The van der Waals surface area contributed by atoms with Crippen LogP contribution in [-0.4, -0.2) is 12.1 Å². The second-order valence-corrected chi connectivity index (χ2v) is 5.07. The fraction of sp³-hybridized carbons (Fsp3) is 0.615. The van der Waals surface area contributed by atoms with Crippen LogP contribution >= 0.6 is 0 Å². The first kappa shape index (κ1) is 9.20. The third-order valence-electron chi connectivity index (χ3n) is 4.54. The molecule has 3 aliphatic carbocycles. The van der Waals surface area contributed by atoms with E-state index in [2.05, 4.69) is 25.2 Å². The Labute approximate surface area is 90.0 Å². The van der Waals surface area contributed by atoms with Crippen molar-refractivity contribution >= 4 is 5.97 Å². The van der Waals surface area contributed by atoms with Crippen LogP contribution in [0.5, 0.6) is 0 Å². The van der Waals surface area contributed by atoms with Crippen molar-refractivity contribution in [2.75, 3.05) is 0 Å². The first-order valence-electron chi connectivity index (χ1n) is 5.69. The fourth-order valence-electron chi connectivity index (χ4n) is 3.64. The lowest BCUT2D eigenvalue weighted by atomic mass is 9.60. The predicted octanol–water partition coefficient (Wildman–Crippen LogP) is 2.32. The van der Waals surface area contributed by atoms with Gasteiger partial charge < -0.3 is 4.74 Å². The van der Waals surface area contributed by atoms with Gasteiger partial charge in [-0.05, 0) is 30.3 Å². The number of ether oxygens (including phenoxy) is 1. The van der Waals surface area contributed by atoms with Crippen LogP contribution in [0, 0.1) is 23.2 Å². The van der Waals surface area contributed by atoms with Crippen molar-refractivity contribution in [2.24, 2.45) is 23.2 Å². The van der Waals surface area contributed by atoms with Crippen LogP contribution in [0.4, 0.5) is 0 Å². The van der Waals surface area contributed by atoms with Crippen LogP contribution in [0.25, 0.3) is 0 Å². The summed E-state index contributed by atoms with van der Waals surface area (Å²) in [7, 11) is 0. The number of rotatable bonds is 1. The minimum Gasteiger partial charge on any atom is -0.457 e. The molecule has 3 aliphatic rings. The smallest absolute Gasteiger partial charge is 0.303 e. The summed E-state index contributed by atoms with van der Waals surface area (Å²) in [5.41, 5.74) is 0.130. The van der Waals surface area contributed by atoms with E-state index in [1.54, 1.807) is 0 Å². The molecule has 1 saturated carbocycles. The lowest BCUT2D eigenvalue weighted by Gasteiger charge is -2.48. The molecule has 0 heterocycles. The summed E-state index contributed by atoms with van der Waals surface area (Å²) in [5, 5.41) is 0. The zero-order valence-electron chi connectivity index (χ0n) is 9.14. The Morgan fingerprint density at radius 1 is 1.40 bits per heavy atom. The quantitative estimate of drug-likeness (QED) is 0.484. The van der Waals surface area contributed by atoms with E-state index in [1.165, 1.54) is 13.3 Å². The van der Waals surface area contributed by atoms with Crippen LogP contribution in [-0.2, 0) is 9.53 Å². The van der Waals surface area contributed by atoms with E-state index in [9.17, 15) is 4.79 Å². The molecule has 0 aromatic rings. The molecule has 0 radical (unpaired) electrons. The Morgan fingerprint density at radius 3 is 2.67 bits per heavy atom. The largest absolute Gasteiger partial charge is 0.457 e. The van der Waals surface area contributed by atoms with Crippen LogP contribution in [0.2, 0.25) is 0 Å². The molecule has 2 nitrogen and oxygen atoms in total. The molecular formula is C13H16O2. The van der Waals surface area contributed by atoms with Gasteiger partial charge in [0.2, 0.25) is 0 Å². The Hall–Kier alpha value is -1.05. The average molecular weight is 204 g/mol. The number of carbonyl (C=O) groups is 1. The zero-order chi connectivity index (χ0) is 10.6. The van der Waals surface area contributed by atoms with Gasteiger partial charge in [-0.2, -0.15) is 0 Å². The summed E-state index contributed by atoms with van der Waals surface area (Å²) in [6.07, 6.45) is 10.2. The van der Waals surface area contributed by atoms with Crippen molar-refractivity contribution in [1.29, 1.82) is 0 Å². The molecule has 2 heteroatoms. The molecule has 0 saturated heterocycles. The van der Waals surface area contributed by atoms with E-state index in [0.717, 1.165) is 0 Å². The molecule has 15 heavy (non-hydrogen) atoms. The van der Waals surface area contributed by atoms with Crippen molar-refractivity contribution in [2.45, 2.75) is 26.4 Å². The van der Waals surface area contributed by atoms with Crippen LogP contribution < -0.4 is 0 Å². The maximum absolute atomic E-state index is 11.0. The van der Waals surface area contributed by atoms with Gasteiger partial charge in [-0.15, -0.1) is 0 Å². The number of carbonyl (C=O) groups excluding carboxylic acids is 1. The number of hydrogen-bond donors (Lipinski definition) is 0. The van der Waals surface area contributed by atoms with Crippen molar-refractivity contribution in [3.8, 4) is 0 Å². The normalized spacial score (nSPS) is 49.7. The summed E-state index contributed by atoms with van der Waals surface area (Å²) in [6.45, 7) is 3.78. The molecule has 1 spiro atoms. The lowest BCUT2D eigenvalue weighted by molar-refractivity contribution is -0.152. The van der Waals surface area contributed by atoms with Crippen molar-refractivity contribution in [1.82, 2.24) is 0 Å². The molecule has 2 unspecified atom stereocenters. The van der Waals surface area contributed by atoms with Gasteiger partial charge in [0.25, 0.3) is 0 Å². The number of esters is 1. The first-order valence-corrected chi connectivity index (χ1v) is 5.69. The molecule has 5 atom stereocenters. The van der Waals surface area contributed by atoms with Gasteiger partial charge in [0.05, 0.1) is 0 Å². The molecule has 2 bridgehead atoms. The summed E-state index contributed by atoms with van der Waals surface area (Å²) in [4.78, 5) is 11.0. The van der Waals surface area contributed by atoms with Gasteiger partial charge in [0, 0.05) is 12.3 Å². The van der Waals surface area contributed by atoms with Crippen molar-refractivity contribution < 1.29 is 9.53 Å². The molecular weight excluding hydrogens is 188 g/mol. The zero-order valence-corrected chi connectivity index (χ0v) is 9.14. The minimum absolute atomic E-state index is 0.0185. The van der Waals surface area contributed by atoms with Crippen molar-refractivity contribution in [3.05, 3.63) is 24.3 Å². The number of allylic oxidation sites excluding steroid dienone is 2. The van der Waals surface area contributed by atoms with E-state index in [0.29, 0.717) is 17.8 Å². The topological polar surface area (TPSA) is 26.3 Å². The highest BCUT2D eigenvalue weighted by atomic mass is 16.5. The Morgan fingerprint density at radius 2 is 2.20 bits per heavy atom. The Kier molecular flexibility index (Phi) is 1.68. The Bertz CT molecular complexity index is 369. The van der Waals surface area contributed by atoms with Crippen LogP contribution in [0.3, 0.4) is 0 Å². The highest BCUT2D eigenvalue weighted by molar-refractivity contribution is 5.67. The second-order valence-electron chi connectivity index (χ2n) is 5.07. The molecule has 1 fully saturated rings. The predicted molar refractivity (Wildman–Crippen MR) is 57.0 cm³/mol. The third-order valence-corrected chi connectivity index (χ3v) is 4.54. The highest BCUT2D eigenvalue weighted by Crippen LogP contribution is 2.62.